The fraction of sp³-hybridized carbons (Fsp3) is 0.455. The molecule has 0 saturated carbocycles. The molecule has 2 aliphatic heterocycles. The largest absolute Gasteiger partial charge is 0.471 e. The number of thioether (sulfide) groups is 1. The quantitative estimate of drug-likeness (QED) is 0.192. The predicted octanol–water partition coefficient (Wildman–Crippen LogP) is 5.19. The van der Waals surface area contributed by atoms with Crippen LogP contribution in [0.5, 0.6) is 0 Å². The summed E-state index contributed by atoms with van der Waals surface area (Å²) in [5, 5.41) is 3.29. The first-order valence-corrected chi connectivity index (χ1v) is 20.1. The number of hydrazine groups is 1. The van der Waals surface area contributed by atoms with Crippen LogP contribution in [-0.4, -0.2) is 72.9 Å². The first-order valence-electron chi connectivity index (χ1n) is 16.2. The van der Waals surface area contributed by atoms with E-state index in [0.717, 1.165) is 0 Å². The van der Waals surface area contributed by atoms with Crippen LogP contribution >= 0.6 is 11.8 Å². The molecule has 19 heteroatoms. The van der Waals surface area contributed by atoms with Crippen LogP contribution in [0.25, 0.3) is 11.4 Å². The van der Waals surface area contributed by atoms with Crippen LogP contribution in [0.3, 0.4) is 0 Å². The number of aromatic nitrogens is 2. The van der Waals surface area contributed by atoms with Gasteiger partial charge in [0.05, 0.1) is 18.8 Å². The Labute approximate surface area is 302 Å². The average molecular weight is 765 g/mol. The monoisotopic (exact) mass is 764 g/mol. The van der Waals surface area contributed by atoms with E-state index in [4.69, 9.17) is 19.6 Å². The summed E-state index contributed by atoms with van der Waals surface area (Å²) in [6.07, 6.45) is -6.16. The summed E-state index contributed by atoms with van der Waals surface area (Å²) in [7, 11) is -2.22. The van der Waals surface area contributed by atoms with Gasteiger partial charge in [0.2, 0.25) is 5.82 Å². The summed E-state index contributed by atoms with van der Waals surface area (Å²) in [5.41, 5.74) is 10.1. The molecule has 280 valence electrons. The Morgan fingerprint density at radius 1 is 1.12 bits per heavy atom. The molecule has 1 aromatic heterocycles. The molecule has 2 atom stereocenters. The molecule has 5 rings (SSSR count). The predicted molar refractivity (Wildman–Crippen MR) is 184 cm³/mol. The maximum atomic E-state index is 13.8. The van der Waals surface area contributed by atoms with Crippen molar-refractivity contribution in [3.05, 3.63) is 59.5 Å². The lowest BCUT2D eigenvalue weighted by atomic mass is 10.0. The number of hydrogen-bond donors (Lipinski definition) is 3. The standard InChI is InChI=1S/C33H39F3N6O8SSi/c1-31(2,3)52(4,5)48-18-32(13-6-14-47-32)28(45)40-39-26(43)21-11-12-24-22(15-21)42(27(44)23(17-51-24)49-30(37)46)16-19-7-9-20(10-8-19)25-38-29(50-41-25)33(34,35)36/h7-12,15,23H,6,13-14,16-18H2,1-5H3,(H2,37,46)(H,39,43)(H,40,45)/t23-,32?/m0/s1. The third-order valence-electron chi connectivity index (χ3n) is 9.20. The number of ether oxygens (including phenoxy) is 2. The molecule has 0 radical (unpaired) electrons. The summed E-state index contributed by atoms with van der Waals surface area (Å²) >= 11 is 1.20. The zero-order valence-corrected chi connectivity index (χ0v) is 30.9. The van der Waals surface area contributed by atoms with Crippen LogP contribution < -0.4 is 21.5 Å². The highest BCUT2D eigenvalue weighted by Gasteiger charge is 2.47. The number of benzene rings is 2. The molecular weight excluding hydrogens is 726 g/mol. The van der Waals surface area contributed by atoms with E-state index < -0.39 is 55.9 Å². The number of anilines is 1. The number of fused-ring (bicyclic) bond motifs is 1. The van der Waals surface area contributed by atoms with Crippen molar-refractivity contribution < 1.29 is 50.8 Å². The summed E-state index contributed by atoms with van der Waals surface area (Å²) in [6, 6.07) is 10.6. The molecule has 0 spiro atoms. The SMILES string of the molecule is CC(C)(C)[Si](C)(C)OCC1(C(=O)NNC(=O)c2ccc3c(c2)N(Cc2ccc(-c4noc(C(F)(F)F)n4)cc2)C(=O)[C@@H](OC(N)=O)CS3)CCCO1. The van der Waals surface area contributed by atoms with E-state index >= 15 is 0 Å². The van der Waals surface area contributed by atoms with E-state index in [1.807, 2.05) is 0 Å². The minimum absolute atomic E-state index is 0.0320. The number of nitrogens with one attached hydrogen (secondary N) is 2. The van der Waals surface area contributed by atoms with Crippen LogP contribution in [0, 0.1) is 0 Å². The fourth-order valence-electron chi connectivity index (χ4n) is 5.18. The molecule has 52 heavy (non-hydrogen) atoms. The van der Waals surface area contributed by atoms with E-state index in [1.165, 1.54) is 40.9 Å². The van der Waals surface area contributed by atoms with Crippen molar-refractivity contribution >= 4 is 49.6 Å². The molecule has 3 aromatic rings. The normalized spacial score (nSPS) is 19.5. The van der Waals surface area contributed by atoms with Crippen LogP contribution in [0.1, 0.15) is 55.4 Å². The van der Waals surface area contributed by atoms with Gasteiger partial charge in [0.1, 0.15) is 0 Å². The Morgan fingerprint density at radius 2 is 1.83 bits per heavy atom. The Kier molecular flexibility index (Phi) is 11.1. The highest BCUT2D eigenvalue weighted by Crippen LogP contribution is 2.39. The fourth-order valence-corrected chi connectivity index (χ4v) is 7.23. The van der Waals surface area contributed by atoms with Gasteiger partial charge in [-0.2, -0.15) is 18.2 Å². The molecule has 1 fully saturated rings. The first-order chi connectivity index (χ1) is 24.3. The van der Waals surface area contributed by atoms with Crippen molar-refractivity contribution in [3.8, 4) is 11.4 Å². The number of amides is 4. The molecule has 0 aliphatic carbocycles. The zero-order chi connectivity index (χ0) is 38.1. The van der Waals surface area contributed by atoms with Gasteiger partial charge in [0.15, 0.2) is 20.0 Å². The summed E-state index contributed by atoms with van der Waals surface area (Å²) in [5.74, 6) is -3.59. The van der Waals surface area contributed by atoms with Gasteiger partial charge in [0, 0.05) is 28.4 Å². The van der Waals surface area contributed by atoms with Gasteiger partial charge in [-0.05, 0) is 54.7 Å². The van der Waals surface area contributed by atoms with Gasteiger partial charge in [-0.1, -0.05) is 50.2 Å². The van der Waals surface area contributed by atoms with Gasteiger partial charge in [-0.15, -0.1) is 11.8 Å². The molecular formula is C33H39F3N6O8SSi. The Morgan fingerprint density at radius 3 is 2.42 bits per heavy atom. The number of carbonyl (C=O) groups is 4. The molecule has 4 N–H and O–H groups in total. The molecule has 1 saturated heterocycles. The van der Waals surface area contributed by atoms with Crippen molar-refractivity contribution in [2.24, 2.45) is 5.73 Å². The Bertz CT molecular complexity index is 1830. The Balaban J connectivity index is 1.35. The number of hydrogen-bond acceptors (Lipinski definition) is 11. The van der Waals surface area contributed by atoms with E-state index in [1.54, 1.807) is 18.2 Å². The van der Waals surface area contributed by atoms with Crippen molar-refractivity contribution in [1.29, 1.82) is 0 Å². The smallest absolute Gasteiger partial charge is 0.435 e. The second-order valence-electron chi connectivity index (χ2n) is 13.9. The highest BCUT2D eigenvalue weighted by molar-refractivity contribution is 7.99. The van der Waals surface area contributed by atoms with Gasteiger partial charge in [-0.25, -0.2) is 4.79 Å². The molecule has 4 amide bonds. The summed E-state index contributed by atoms with van der Waals surface area (Å²) < 4.78 is 60.5. The van der Waals surface area contributed by atoms with Crippen LogP contribution in [0.4, 0.5) is 23.7 Å². The van der Waals surface area contributed by atoms with Crippen LogP contribution in [-0.2, 0) is 36.2 Å². The van der Waals surface area contributed by atoms with Gasteiger partial charge >= 0.3 is 18.2 Å². The lowest BCUT2D eigenvalue weighted by Crippen LogP contribution is -2.57. The van der Waals surface area contributed by atoms with Gasteiger partial charge in [-0.3, -0.25) is 25.2 Å². The van der Waals surface area contributed by atoms with Gasteiger partial charge in [0.25, 0.3) is 17.7 Å². The van der Waals surface area contributed by atoms with Crippen molar-refractivity contribution in [2.75, 3.05) is 23.9 Å². The summed E-state index contributed by atoms with van der Waals surface area (Å²) in [6.45, 7) is 10.7. The number of nitrogens with zero attached hydrogens (tertiary/aromatic N) is 3. The minimum atomic E-state index is -4.80. The molecule has 1 unspecified atom stereocenters. The van der Waals surface area contributed by atoms with E-state index in [2.05, 4.69) is 59.4 Å². The molecule has 0 bridgehead atoms. The Hall–Kier alpha value is -4.46. The first kappa shape index (κ1) is 38.8. The topological polar surface area (TPSA) is 188 Å². The maximum Gasteiger partial charge on any atom is 0.471 e. The number of nitrogens with two attached hydrogens (primary N) is 1. The van der Waals surface area contributed by atoms with Crippen LogP contribution in [0.2, 0.25) is 18.1 Å². The van der Waals surface area contributed by atoms with Crippen LogP contribution in [0.15, 0.2) is 51.9 Å². The van der Waals surface area contributed by atoms with Crippen molar-refractivity contribution in [1.82, 2.24) is 21.0 Å². The van der Waals surface area contributed by atoms with E-state index in [-0.39, 0.29) is 40.9 Å². The highest BCUT2D eigenvalue weighted by atomic mass is 32.2. The number of primary amides is 1. The zero-order valence-electron chi connectivity index (χ0n) is 29.1. The van der Waals surface area contributed by atoms with E-state index in [0.29, 0.717) is 35.6 Å². The number of carbonyl (C=O) groups excluding carboxylic acids is 4. The lowest BCUT2D eigenvalue weighted by molar-refractivity contribution is -0.159. The molecule has 14 nitrogen and oxygen atoms in total. The lowest BCUT2D eigenvalue weighted by Gasteiger charge is -2.39. The molecule has 2 aliphatic rings. The van der Waals surface area contributed by atoms with Gasteiger partial charge < -0.3 is 29.1 Å². The molecule has 3 heterocycles. The number of halogens is 3. The summed E-state index contributed by atoms with van der Waals surface area (Å²) in [4.78, 5) is 57.5. The third kappa shape index (κ3) is 8.59. The minimum Gasteiger partial charge on any atom is -0.435 e. The maximum absolute atomic E-state index is 13.8. The number of rotatable bonds is 9. The van der Waals surface area contributed by atoms with Crippen molar-refractivity contribution in [3.63, 3.8) is 0 Å². The second kappa shape index (κ2) is 14.9. The third-order valence-corrected chi connectivity index (χ3v) is 14.8. The van der Waals surface area contributed by atoms with E-state index in [9.17, 15) is 32.3 Å². The molecule has 2 aromatic carbocycles. The van der Waals surface area contributed by atoms with Crippen molar-refractivity contribution in [2.45, 2.75) is 81.1 Å². The number of alkyl halides is 3. The average Bonchev–Trinajstić information content (AvgIpc) is 3.76. The second-order valence-corrected chi connectivity index (χ2v) is 19.7.